The van der Waals surface area contributed by atoms with Gasteiger partial charge in [0, 0.05) is 0 Å². The van der Waals surface area contributed by atoms with Gasteiger partial charge in [0.1, 0.15) is 0 Å². The van der Waals surface area contributed by atoms with E-state index in [0.717, 1.165) is 17.8 Å². The van der Waals surface area contributed by atoms with Crippen LogP contribution in [0.25, 0.3) is 5.57 Å². The van der Waals surface area contributed by atoms with Gasteiger partial charge in [0.25, 0.3) is 0 Å². The topological polar surface area (TPSA) is 0 Å². The van der Waals surface area contributed by atoms with Gasteiger partial charge in [0.2, 0.25) is 0 Å². The van der Waals surface area contributed by atoms with E-state index in [1.807, 2.05) is 0 Å². The maximum Gasteiger partial charge on any atom is -0.00653 e. The Morgan fingerprint density at radius 3 is 1.74 bits per heavy atom. The molecule has 194 valence electrons. The summed E-state index contributed by atoms with van der Waals surface area (Å²) in [7, 11) is 0. The van der Waals surface area contributed by atoms with E-state index in [1.54, 1.807) is 5.57 Å². The molecule has 35 heavy (non-hydrogen) atoms. The summed E-state index contributed by atoms with van der Waals surface area (Å²) < 4.78 is 0. The van der Waals surface area contributed by atoms with Crippen LogP contribution in [0.2, 0.25) is 0 Å². The molecule has 3 saturated carbocycles. The molecule has 1 aromatic rings. The molecule has 0 nitrogen and oxygen atoms in total. The standard InChI is InChI=1S/C35H54/c1-26(25-28-17-9-6-10-18-28)33(29-19-11-7-12-20-29)34(30-21-13-8-14-22-30)27(2)31-23-15-16-24-32(31)35(3,4)5/h15-16,23-24,28-30,33-34H,1-2,6-14,17-22,25H2,3-5H3. The van der Waals surface area contributed by atoms with Crippen molar-refractivity contribution in [2.75, 3.05) is 0 Å². The van der Waals surface area contributed by atoms with Crippen molar-refractivity contribution < 1.29 is 0 Å². The second kappa shape index (κ2) is 12.3. The highest BCUT2D eigenvalue weighted by Crippen LogP contribution is 2.51. The molecule has 2 unspecified atom stereocenters. The fourth-order valence-corrected chi connectivity index (χ4v) is 8.16. The summed E-state index contributed by atoms with van der Waals surface area (Å²) in [6, 6.07) is 9.24. The number of benzene rings is 1. The van der Waals surface area contributed by atoms with Crippen LogP contribution in [0, 0.1) is 29.6 Å². The van der Waals surface area contributed by atoms with Crippen molar-refractivity contribution in [1.29, 1.82) is 0 Å². The van der Waals surface area contributed by atoms with Gasteiger partial charge in [-0.2, -0.15) is 0 Å². The molecule has 0 radical (unpaired) electrons. The summed E-state index contributed by atoms with van der Waals surface area (Å²) in [5, 5.41) is 0. The minimum absolute atomic E-state index is 0.135. The lowest BCUT2D eigenvalue weighted by atomic mass is 9.60. The van der Waals surface area contributed by atoms with Crippen LogP contribution >= 0.6 is 0 Å². The fraction of sp³-hybridized carbons (Fsp3) is 0.714. The van der Waals surface area contributed by atoms with Crippen LogP contribution in [0.5, 0.6) is 0 Å². The number of rotatable bonds is 8. The van der Waals surface area contributed by atoms with Gasteiger partial charge in [0.05, 0.1) is 0 Å². The summed E-state index contributed by atoms with van der Waals surface area (Å²) in [5.41, 5.74) is 6.11. The van der Waals surface area contributed by atoms with Crippen LogP contribution < -0.4 is 0 Å². The van der Waals surface area contributed by atoms with Crippen LogP contribution in [-0.2, 0) is 5.41 Å². The summed E-state index contributed by atoms with van der Waals surface area (Å²) in [6.07, 6.45) is 22.5. The zero-order chi connectivity index (χ0) is 24.8. The zero-order valence-electron chi connectivity index (χ0n) is 23.4. The van der Waals surface area contributed by atoms with E-state index in [0.29, 0.717) is 11.8 Å². The molecule has 3 fully saturated rings. The predicted molar refractivity (Wildman–Crippen MR) is 155 cm³/mol. The third-order valence-electron chi connectivity index (χ3n) is 9.93. The molecule has 3 aliphatic rings. The molecule has 2 atom stereocenters. The van der Waals surface area contributed by atoms with E-state index in [4.69, 9.17) is 13.2 Å². The van der Waals surface area contributed by atoms with Crippen LogP contribution in [0.3, 0.4) is 0 Å². The van der Waals surface area contributed by atoms with Crippen molar-refractivity contribution in [1.82, 2.24) is 0 Å². The molecule has 0 heteroatoms. The molecule has 1 aromatic carbocycles. The minimum Gasteiger partial charge on any atom is -0.0995 e. The second-order valence-corrected chi connectivity index (χ2v) is 13.5. The average Bonchev–Trinajstić information content (AvgIpc) is 2.88. The first-order valence-corrected chi connectivity index (χ1v) is 15.3. The lowest BCUT2D eigenvalue weighted by molar-refractivity contribution is 0.163. The Balaban J connectivity index is 1.72. The summed E-state index contributed by atoms with van der Waals surface area (Å²) in [4.78, 5) is 0. The van der Waals surface area contributed by atoms with Gasteiger partial charge in [-0.1, -0.05) is 134 Å². The lowest BCUT2D eigenvalue weighted by Crippen LogP contribution is -2.34. The molecule has 0 saturated heterocycles. The van der Waals surface area contributed by atoms with Gasteiger partial charge in [-0.05, 0) is 83.8 Å². The van der Waals surface area contributed by atoms with Gasteiger partial charge in [-0.3, -0.25) is 0 Å². The first-order chi connectivity index (χ1) is 16.9. The zero-order valence-corrected chi connectivity index (χ0v) is 23.4. The first-order valence-electron chi connectivity index (χ1n) is 15.3. The van der Waals surface area contributed by atoms with Gasteiger partial charge in [0.15, 0.2) is 0 Å². The van der Waals surface area contributed by atoms with Gasteiger partial charge < -0.3 is 0 Å². The van der Waals surface area contributed by atoms with E-state index in [-0.39, 0.29) is 5.41 Å². The predicted octanol–water partition coefficient (Wildman–Crippen LogP) is 10.9. The van der Waals surface area contributed by atoms with Gasteiger partial charge >= 0.3 is 0 Å². The van der Waals surface area contributed by atoms with Crippen molar-refractivity contribution in [3.05, 3.63) is 54.1 Å². The lowest BCUT2D eigenvalue weighted by Gasteiger charge is -2.44. The molecule has 0 bridgehead atoms. The van der Waals surface area contributed by atoms with Crippen LogP contribution in [0.1, 0.15) is 135 Å². The van der Waals surface area contributed by atoms with Crippen molar-refractivity contribution in [3.63, 3.8) is 0 Å². The smallest absolute Gasteiger partial charge is 0.00653 e. The second-order valence-electron chi connectivity index (χ2n) is 13.5. The minimum atomic E-state index is 0.135. The first kappa shape index (κ1) is 26.8. The van der Waals surface area contributed by atoms with Crippen molar-refractivity contribution in [2.45, 2.75) is 129 Å². The molecular formula is C35H54. The van der Waals surface area contributed by atoms with E-state index in [1.165, 1.54) is 119 Å². The van der Waals surface area contributed by atoms with Crippen molar-refractivity contribution in [2.24, 2.45) is 29.6 Å². The van der Waals surface area contributed by atoms with Crippen molar-refractivity contribution >= 4 is 5.57 Å². The van der Waals surface area contributed by atoms with Crippen LogP contribution in [0.4, 0.5) is 0 Å². The fourth-order valence-electron chi connectivity index (χ4n) is 8.16. The van der Waals surface area contributed by atoms with E-state index in [9.17, 15) is 0 Å². The maximum absolute atomic E-state index is 4.98. The number of hydrogen-bond donors (Lipinski definition) is 0. The highest BCUT2D eigenvalue weighted by molar-refractivity contribution is 5.70. The molecule has 0 N–H and O–H groups in total. The molecular weight excluding hydrogens is 420 g/mol. The molecule has 0 aromatic heterocycles. The Morgan fingerprint density at radius 1 is 0.714 bits per heavy atom. The van der Waals surface area contributed by atoms with Gasteiger partial charge in [-0.25, -0.2) is 0 Å². The normalized spacial score (nSPS) is 23.1. The van der Waals surface area contributed by atoms with Crippen LogP contribution in [0.15, 0.2) is 43.0 Å². The Morgan fingerprint density at radius 2 is 1.20 bits per heavy atom. The average molecular weight is 475 g/mol. The largest absolute Gasteiger partial charge is 0.0995 e. The molecule has 4 rings (SSSR count). The number of allylic oxidation sites excluding steroid dienone is 2. The van der Waals surface area contributed by atoms with E-state index in [2.05, 4.69) is 45.0 Å². The van der Waals surface area contributed by atoms with Crippen LogP contribution in [-0.4, -0.2) is 0 Å². The number of hydrogen-bond acceptors (Lipinski definition) is 0. The molecule has 0 amide bonds. The third-order valence-corrected chi connectivity index (χ3v) is 9.93. The molecule has 0 heterocycles. The van der Waals surface area contributed by atoms with Gasteiger partial charge in [-0.15, -0.1) is 0 Å². The summed E-state index contributed by atoms with van der Waals surface area (Å²) >= 11 is 0. The Bertz CT molecular complexity index is 818. The Labute approximate surface area is 218 Å². The van der Waals surface area contributed by atoms with E-state index >= 15 is 0 Å². The quantitative estimate of drug-likeness (QED) is 0.329. The molecule has 3 aliphatic carbocycles. The van der Waals surface area contributed by atoms with E-state index < -0.39 is 0 Å². The monoisotopic (exact) mass is 474 g/mol. The Hall–Kier alpha value is -1.30. The summed E-state index contributed by atoms with van der Waals surface area (Å²) in [5.74, 6) is 3.66. The maximum atomic E-state index is 4.98. The molecule has 0 aliphatic heterocycles. The summed E-state index contributed by atoms with van der Waals surface area (Å²) in [6.45, 7) is 17.0. The molecule has 0 spiro atoms. The Kier molecular flexibility index (Phi) is 9.40. The highest BCUT2D eigenvalue weighted by Gasteiger charge is 2.40. The SMILES string of the molecule is C=C(CC1CCCCC1)C(C1CCCCC1)C(C(=C)c1ccccc1C(C)(C)C)C1CCCCC1. The van der Waals surface area contributed by atoms with Crippen molar-refractivity contribution in [3.8, 4) is 0 Å². The third kappa shape index (κ3) is 6.72. The highest BCUT2D eigenvalue weighted by atomic mass is 14.4.